The van der Waals surface area contributed by atoms with Gasteiger partial charge in [-0.25, -0.2) is 4.79 Å². The van der Waals surface area contributed by atoms with Gasteiger partial charge >= 0.3 is 12.1 Å². The number of carboxylic acids is 1. The van der Waals surface area contributed by atoms with Gasteiger partial charge in [-0.1, -0.05) is 30.3 Å². The normalized spacial score (nSPS) is 16.8. The first kappa shape index (κ1) is 12.4. The Morgan fingerprint density at radius 3 is 2.50 bits per heavy atom. The van der Waals surface area contributed by atoms with E-state index in [-0.39, 0.29) is 19.7 Å². The third-order valence-corrected chi connectivity index (χ3v) is 3.06. The molecule has 0 unspecified atom stereocenters. The van der Waals surface area contributed by atoms with Crippen LogP contribution in [0, 0.1) is 5.41 Å². The van der Waals surface area contributed by atoms with Gasteiger partial charge in [-0.2, -0.15) is 0 Å². The molecule has 1 aromatic carbocycles. The van der Waals surface area contributed by atoms with Crippen molar-refractivity contribution in [2.45, 2.75) is 13.5 Å². The lowest BCUT2D eigenvalue weighted by Crippen LogP contribution is -2.60. The summed E-state index contributed by atoms with van der Waals surface area (Å²) >= 11 is 0. The highest BCUT2D eigenvalue weighted by molar-refractivity contribution is 5.80. The lowest BCUT2D eigenvalue weighted by atomic mass is 9.82. The summed E-state index contributed by atoms with van der Waals surface area (Å²) in [5, 5.41) is 8.92. The minimum absolute atomic E-state index is 0.204. The van der Waals surface area contributed by atoms with Crippen LogP contribution in [-0.4, -0.2) is 35.2 Å². The summed E-state index contributed by atoms with van der Waals surface area (Å²) in [6.07, 6.45) is -0.461. The van der Waals surface area contributed by atoms with Crippen molar-refractivity contribution in [3.8, 4) is 0 Å². The number of benzene rings is 1. The van der Waals surface area contributed by atoms with E-state index in [0.717, 1.165) is 5.56 Å². The highest BCUT2D eigenvalue weighted by Crippen LogP contribution is 2.30. The molecule has 1 aliphatic heterocycles. The highest BCUT2D eigenvalue weighted by atomic mass is 16.6. The Bertz CT molecular complexity index is 451. The maximum Gasteiger partial charge on any atom is 0.410 e. The predicted octanol–water partition coefficient (Wildman–Crippen LogP) is 1.73. The Hall–Kier alpha value is -2.04. The van der Waals surface area contributed by atoms with Crippen LogP contribution in [0.2, 0.25) is 0 Å². The molecular formula is C13H15NO4. The van der Waals surface area contributed by atoms with Crippen LogP contribution in [0.4, 0.5) is 4.79 Å². The van der Waals surface area contributed by atoms with Crippen LogP contribution in [0.15, 0.2) is 30.3 Å². The SMILES string of the molecule is CC1(C(=O)O)CN(C(=O)OCc2ccccc2)C1. The Morgan fingerprint density at radius 1 is 1.33 bits per heavy atom. The van der Waals surface area contributed by atoms with E-state index in [2.05, 4.69) is 0 Å². The molecule has 1 aliphatic rings. The van der Waals surface area contributed by atoms with E-state index in [0.29, 0.717) is 0 Å². The van der Waals surface area contributed by atoms with Gasteiger partial charge in [0.2, 0.25) is 0 Å². The monoisotopic (exact) mass is 249 g/mol. The Labute approximate surface area is 105 Å². The average molecular weight is 249 g/mol. The first-order valence-electron chi connectivity index (χ1n) is 5.70. The minimum Gasteiger partial charge on any atom is -0.481 e. The number of aliphatic carboxylic acids is 1. The number of hydrogen-bond acceptors (Lipinski definition) is 3. The third-order valence-electron chi connectivity index (χ3n) is 3.06. The smallest absolute Gasteiger partial charge is 0.410 e. The average Bonchev–Trinajstić information content (AvgIpc) is 2.33. The molecular weight excluding hydrogens is 234 g/mol. The lowest BCUT2D eigenvalue weighted by molar-refractivity contribution is -0.156. The van der Waals surface area contributed by atoms with Crippen LogP contribution in [0.3, 0.4) is 0 Å². The number of ether oxygens (including phenoxy) is 1. The van der Waals surface area contributed by atoms with Crippen molar-refractivity contribution in [3.05, 3.63) is 35.9 Å². The first-order chi connectivity index (χ1) is 8.51. The third kappa shape index (κ3) is 2.45. The Kier molecular flexibility index (Phi) is 3.23. The van der Waals surface area contributed by atoms with Crippen LogP contribution in [-0.2, 0) is 16.1 Å². The summed E-state index contributed by atoms with van der Waals surface area (Å²) in [6, 6.07) is 9.36. The van der Waals surface area contributed by atoms with Crippen molar-refractivity contribution in [1.29, 1.82) is 0 Å². The molecule has 0 bridgehead atoms. The fourth-order valence-corrected chi connectivity index (χ4v) is 1.87. The zero-order valence-corrected chi connectivity index (χ0v) is 10.1. The van der Waals surface area contributed by atoms with Gasteiger partial charge in [0.15, 0.2) is 0 Å². The summed E-state index contributed by atoms with van der Waals surface area (Å²) in [5.74, 6) is -0.880. The van der Waals surface area contributed by atoms with E-state index in [1.165, 1.54) is 4.90 Å². The van der Waals surface area contributed by atoms with Gasteiger partial charge in [0.1, 0.15) is 12.0 Å². The molecule has 0 saturated carbocycles. The van der Waals surface area contributed by atoms with Gasteiger partial charge in [0.25, 0.3) is 0 Å². The van der Waals surface area contributed by atoms with E-state index >= 15 is 0 Å². The van der Waals surface area contributed by atoms with Gasteiger partial charge in [-0.3, -0.25) is 4.79 Å². The van der Waals surface area contributed by atoms with Gasteiger partial charge in [0, 0.05) is 13.1 Å². The molecule has 2 rings (SSSR count). The summed E-state index contributed by atoms with van der Waals surface area (Å²) in [4.78, 5) is 23.9. The number of likely N-dealkylation sites (tertiary alicyclic amines) is 1. The number of amides is 1. The molecule has 1 aromatic rings. The Balaban J connectivity index is 1.80. The van der Waals surface area contributed by atoms with Crippen molar-refractivity contribution < 1.29 is 19.4 Å². The summed E-state index contributed by atoms with van der Waals surface area (Å²) in [6.45, 7) is 2.24. The van der Waals surface area contributed by atoms with E-state index in [4.69, 9.17) is 9.84 Å². The standard InChI is InChI=1S/C13H15NO4/c1-13(11(15)16)8-14(9-13)12(17)18-7-10-5-3-2-4-6-10/h2-6H,7-9H2,1H3,(H,15,16). The molecule has 1 saturated heterocycles. The predicted molar refractivity (Wildman–Crippen MR) is 63.9 cm³/mol. The second kappa shape index (κ2) is 4.68. The topological polar surface area (TPSA) is 66.8 Å². The van der Waals surface area contributed by atoms with Gasteiger partial charge in [0.05, 0.1) is 0 Å². The van der Waals surface area contributed by atoms with E-state index in [9.17, 15) is 9.59 Å². The molecule has 96 valence electrons. The molecule has 0 spiro atoms. The molecule has 0 aliphatic carbocycles. The van der Waals surface area contributed by atoms with Crippen LogP contribution in [0.25, 0.3) is 0 Å². The lowest BCUT2D eigenvalue weighted by Gasteiger charge is -2.43. The molecule has 5 heteroatoms. The molecule has 1 fully saturated rings. The number of carbonyl (C=O) groups excluding carboxylic acids is 1. The van der Waals surface area contributed by atoms with Crippen molar-refractivity contribution in [3.63, 3.8) is 0 Å². The molecule has 18 heavy (non-hydrogen) atoms. The zero-order chi connectivity index (χ0) is 13.2. The molecule has 1 amide bonds. The quantitative estimate of drug-likeness (QED) is 0.885. The number of rotatable bonds is 3. The summed E-state index contributed by atoms with van der Waals surface area (Å²) < 4.78 is 5.10. The van der Waals surface area contributed by atoms with E-state index in [1.807, 2.05) is 30.3 Å². The van der Waals surface area contributed by atoms with Crippen molar-refractivity contribution in [2.75, 3.05) is 13.1 Å². The Morgan fingerprint density at radius 2 is 1.94 bits per heavy atom. The maximum atomic E-state index is 11.6. The summed E-state index contributed by atoms with van der Waals surface area (Å²) in [7, 11) is 0. The second-order valence-corrected chi connectivity index (χ2v) is 4.76. The molecule has 5 nitrogen and oxygen atoms in total. The fraction of sp³-hybridized carbons (Fsp3) is 0.385. The number of hydrogen-bond donors (Lipinski definition) is 1. The van der Waals surface area contributed by atoms with E-state index in [1.54, 1.807) is 6.92 Å². The first-order valence-corrected chi connectivity index (χ1v) is 5.70. The van der Waals surface area contributed by atoms with Crippen LogP contribution in [0.5, 0.6) is 0 Å². The molecule has 1 heterocycles. The molecule has 0 atom stereocenters. The second-order valence-electron chi connectivity index (χ2n) is 4.76. The molecule has 0 radical (unpaired) electrons. The largest absolute Gasteiger partial charge is 0.481 e. The van der Waals surface area contributed by atoms with Crippen molar-refractivity contribution >= 4 is 12.1 Å². The fourth-order valence-electron chi connectivity index (χ4n) is 1.87. The van der Waals surface area contributed by atoms with Gasteiger partial charge < -0.3 is 14.7 Å². The summed E-state index contributed by atoms with van der Waals surface area (Å²) in [5.41, 5.74) is 0.0820. The number of carbonyl (C=O) groups is 2. The minimum atomic E-state index is -0.880. The highest BCUT2D eigenvalue weighted by Gasteiger charge is 2.48. The van der Waals surface area contributed by atoms with Crippen molar-refractivity contribution in [1.82, 2.24) is 4.90 Å². The van der Waals surface area contributed by atoms with Crippen molar-refractivity contribution in [2.24, 2.45) is 5.41 Å². The van der Waals surface area contributed by atoms with Crippen LogP contribution in [0.1, 0.15) is 12.5 Å². The number of nitrogens with zero attached hydrogens (tertiary/aromatic N) is 1. The molecule has 1 N–H and O–H groups in total. The van der Waals surface area contributed by atoms with Gasteiger partial charge in [-0.15, -0.1) is 0 Å². The maximum absolute atomic E-state index is 11.6. The molecule has 0 aromatic heterocycles. The van der Waals surface area contributed by atoms with Crippen LogP contribution < -0.4 is 0 Å². The zero-order valence-electron chi connectivity index (χ0n) is 10.1. The number of carboxylic acid groups (broad SMARTS) is 1. The van der Waals surface area contributed by atoms with E-state index < -0.39 is 17.5 Å². The van der Waals surface area contributed by atoms with Gasteiger partial charge in [-0.05, 0) is 12.5 Å². The van der Waals surface area contributed by atoms with Crippen LogP contribution >= 0.6 is 0 Å².